The minimum absolute atomic E-state index is 0.157. The van der Waals surface area contributed by atoms with Crippen molar-refractivity contribution in [3.8, 4) is 0 Å². The van der Waals surface area contributed by atoms with Crippen molar-refractivity contribution in [2.45, 2.75) is 18.5 Å². The number of fused-ring (bicyclic) bond motifs is 2. The largest absolute Gasteiger partial charge is 0.378 e. The molecule has 1 saturated heterocycles. The summed E-state index contributed by atoms with van der Waals surface area (Å²) in [7, 11) is 0. The van der Waals surface area contributed by atoms with Gasteiger partial charge in [0.15, 0.2) is 0 Å². The molecule has 0 bridgehead atoms. The number of aromatic nitrogens is 4. The van der Waals surface area contributed by atoms with Gasteiger partial charge in [-0.1, -0.05) is 121 Å². The van der Waals surface area contributed by atoms with Crippen molar-refractivity contribution >= 4 is 33.7 Å². The third kappa shape index (κ3) is 5.11. The maximum atomic E-state index is 13.5. The second-order valence-corrected chi connectivity index (χ2v) is 12.2. The number of rotatable bonds is 8. The first kappa shape index (κ1) is 29.7. The number of benzene rings is 5. The van der Waals surface area contributed by atoms with Crippen molar-refractivity contribution in [3.63, 3.8) is 0 Å². The van der Waals surface area contributed by atoms with Crippen LogP contribution in [0.1, 0.15) is 45.8 Å². The quantitative estimate of drug-likeness (QED) is 0.175. The molecule has 1 fully saturated rings. The Bertz CT molecular complexity index is 2080. The van der Waals surface area contributed by atoms with Crippen LogP contribution in [-0.4, -0.2) is 52.0 Å². The molecule has 8 nitrogen and oxygen atoms in total. The molecule has 0 spiro atoms. The molecule has 1 amide bonds. The summed E-state index contributed by atoms with van der Waals surface area (Å²) in [5.74, 6) is 0.834. The maximum absolute atomic E-state index is 13.5. The maximum Gasteiger partial charge on any atom is 0.289 e. The smallest absolute Gasteiger partial charge is 0.289 e. The molecule has 3 heterocycles. The molecule has 8 heteroatoms. The molecule has 2 aromatic heterocycles. The number of aromatic amines is 1. The molecule has 1 atom stereocenters. The van der Waals surface area contributed by atoms with Crippen LogP contribution in [-0.2, 0) is 10.3 Å². The van der Waals surface area contributed by atoms with Gasteiger partial charge in [-0.2, -0.15) is 0 Å². The highest BCUT2D eigenvalue weighted by molar-refractivity contribution is 6.02. The average Bonchev–Trinajstić information content (AvgIpc) is 3.75. The lowest BCUT2D eigenvalue weighted by Crippen LogP contribution is -2.40. The summed E-state index contributed by atoms with van der Waals surface area (Å²) < 4.78 is 8.03. The zero-order valence-electron chi connectivity index (χ0n) is 26.7. The van der Waals surface area contributed by atoms with Crippen LogP contribution in [0.5, 0.6) is 0 Å². The lowest BCUT2D eigenvalue weighted by molar-refractivity contribution is 0.0930. The Hall–Kier alpha value is -5.73. The molecule has 8 rings (SSSR count). The summed E-state index contributed by atoms with van der Waals surface area (Å²) in [4.78, 5) is 25.3. The van der Waals surface area contributed by atoms with Crippen LogP contribution in [0, 0.1) is 0 Å². The number of hydrogen-bond acceptors (Lipinski definition) is 5. The lowest BCUT2D eigenvalue weighted by Gasteiger charge is -2.38. The van der Waals surface area contributed by atoms with Crippen LogP contribution in [0.3, 0.4) is 0 Å². The number of morpholine rings is 1. The van der Waals surface area contributed by atoms with E-state index in [0.29, 0.717) is 24.2 Å². The average molecular weight is 633 g/mol. The molecule has 5 aromatic carbocycles. The van der Waals surface area contributed by atoms with Gasteiger partial charge in [-0.25, -0.2) is 9.97 Å². The number of hydrogen-bond donors (Lipinski definition) is 2. The summed E-state index contributed by atoms with van der Waals surface area (Å²) in [6.07, 6.45) is 0. The highest BCUT2D eigenvalue weighted by Crippen LogP contribution is 2.44. The molecule has 0 saturated carbocycles. The van der Waals surface area contributed by atoms with Crippen molar-refractivity contribution in [1.29, 1.82) is 0 Å². The monoisotopic (exact) mass is 632 g/mol. The predicted octanol–water partition coefficient (Wildman–Crippen LogP) is 7.08. The minimum atomic E-state index is -0.772. The van der Waals surface area contributed by atoms with E-state index in [0.717, 1.165) is 52.1 Å². The van der Waals surface area contributed by atoms with E-state index in [1.54, 1.807) is 0 Å². The van der Waals surface area contributed by atoms with Crippen LogP contribution < -0.4 is 10.2 Å². The summed E-state index contributed by atoms with van der Waals surface area (Å²) in [5, 5.41) is 7.97. The van der Waals surface area contributed by atoms with Gasteiger partial charge in [0.1, 0.15) is 11.4 Å². The molecule has 7 aromatic rings. The first-order valence-corrected chi connectivity index (χ1v) is 16.4. The van der Waals surface area contributed by atoms with Crippen molar-refractivity contribution in [1.82, 2.24) is 25.1 Å². The second kappa shape index (κ2) is 12.5. The van der Waals surface area contributed by atoms with Crippen molar-refractivity contribution < 1.29 is 9.53 Å². The van der Waals surface area contributed by atoms with E-state index in [4.69, 9.17) is 14.7 Å². The first-order valence-electron chi connectivity index (χ1n) is 16.4. The van der Waals surface area contributed by atoms with Crippen LogP contribution in [0.15, 0.2) is 133 Å². The zero-order chi connectivity index (χ0) is 32.5. The number of nitrogens with one attached hydrogen (secondary N) is 2. The van der Waals surface area contributed by atoms with Crippen molar-refractivity contribution in [2.24, 2.45) is 0 Å². The van der Waals surface area contributed by atoms with Gasteiger partial charge in [-0.3, -0.25) is 14.6 Å². The Kier molecular flexibility index (Phi) is 7.70. The van der Waals surface area contributed by atoms with Crippen molar-refractivity contribution in [3.05, 3.63) is 162 Å². The fourth-order valence-corrected chi connectivity index (χ4v) is 7.00. The van der Waals surface area contributed by atoms with Gasteiger partial charge in [0, 0.05) is 18.5 Å². The molecule has 1 aliphatic heterocycles. The van der Waals surface area contributed by atoms with Crippen LogP contribution in [0.2, 0.25) is 0 Å². The Morgan fingerprint density at radius 2 is 1.25 bits per heavy atom. The molecule has 2 N–H and O–H groups in total. The molecular formula is C40H36N6O2. The fraction of sp³-hybridized carbons (Fsp3) is 0.175. The zero-order valence-corrected chi connectivity index (χ0v) is 26.7. The van der Waals surface area contributed by atoms with E-state index in [-0.39, 0.29) is 17.8 Å². The highest BCUT2D eigenvalue weighted by atomic mass is 16.5. The summed E-state index contributed by atoms with van der Waals surface area (Å²) in [6, 6.07) is 45.7. The van der Waals surface area contributed by atoms with E-state index < -0.39 is 5.54 Å². The van der Waals surface area contributed by atoms with Crippen LogP contribution in [0.25, 0.3) is 21.9 Å². The number of nitrogens with zero attached hydrogens (tertiary/aromatic N) is 4. The van der Waals surface area contributed by atoms with Gasteiger partial charge in [0.05, 0.1) is 35.8 Å². The Labute approximate surface area is 279 Å². The van der Waals surface area contributed by atoms with E-state index in [1.165, 1.54) is 0 Å². The van der Waals surface area contributed by atoms with Gasteiger partial charge in [0.25, 0.3) is 5.91 Å². The predicted molar refractivity (Wildman–Crippen MR) is 189 cm³/mol. The third-order valence-electron chi connectivity index (χ3n) is 9.35. The summed E-state index contributed by atoms with van der Waals surface area (Å²) in [5.41, 5.74) is 5.84. The normalized spacial score (nSPS) is 14.3. The number of carbonyl (C=O) groups is 1. The van der Waals surface area contributed by atoms with E-state index in [9.17, 15) is 4.79 Å². The molecule has 0 radical (unpaired) electrons. The topological polar surface area (TPSA) is 88.1 Å². The van der Waals surface area contributed by atoms with Crippen LogP contribution in [0.4, 0.5) is 5.82 Å². The standard InChI is InChI=1S/C40H36N6O2/c1-28(29-14-6-2-7-15-29)41-39(47)37-42-34-26-33-36(27-35(34)43-37)46(44-38(33)45-22-24-48-25-23-45)40(30-16-8-3-9-17-30,31-18-10-4-11-19-31)32-20-12-5-13-21-32/h2-21,26-28,44H,22-25H2,1H3,(H,41,47)/t28-/m1/s1. The SMILES string of the molecule is C[C@@H](NC(=O)c1nc2cc3c(N4CCOCC4)[nH]n(C(c4ccccc4)(c4ccccc4)c4ccccc4)c3cc2n1)c1ccccc1. The fourth-order valence-electron chi connectivity index (χ4n) is 7.00. The van der Waals surface area contributed by atoms with E-state index >= 15 is 0 Å². The molecule has 0 unspecified atom stereocenters. The van der Waals surface area contributed by atoms with Gasteiger partial charge in [-0.15, -0.1) is 0 Å². The van der Waals surface area contributed by atoms with E-state index in [1.807, 2.05) is 37.3 Å². The molecule has 238 valence electrons. The minimum Gasteiger partial charge on any atom is -0.378 e. The number of carbonyl (C=O) groups excluding carboxylic acids is 1. The highest BCUT2D eigenvalue weighted by Gasteiger charge is 2.41. The van der Waals surface area contributed by atoms with Crippen LogP contribution >= 0.6 is 0 Å². The first-order chi connectivity index (χ1) is 23.6. The number of amides is 1. The molecular weight excluding hydrogens is 596 g/mol. The summed E-state index contributed by atoms with van der Waals surface area (Å²) >= 11 is 0. The second-order valence-electron chi connectivity index (χ2n) is 12.2. The van der Waals surface area contributed by atoms with Gasteiger partial charge >= 0.3 is 0 Å². The molecule has 1 aliphatic rings. The van der Waals surface area contributed by atoms with Gasteiger partial charge in [-0.05, 0) is 41.3 Å². The third-order valence-corrected chi connectivity index (χ3v) is 9.35. The number of imidazole rings is 1. The van der Waals surface area contributed by atoms with Gasteiger partial charge < -0.3 is 15.0 Å². The number of H-pyrrole nitrogens is 1. The molecule has 0 aliphatic carbocycles. The summed E-state index contributed by atoms with van der Waals surface area (Å²) in [6.45, 7) is 4.75. The lowest BCUT2D eigenvalue weighted by atomic mass is 9.77. The van der Waals surface area contributed by atoms with Gasteiger partial charge in [0.2, 0.25) is 5.82 Å². The Balaban J connectivity index is 1.36. The molecule has 48 heavy (non-hydrogen) atoms. The van der Waals surface area contributed by atoms with Crippen molar-refractivity contribution in [2.75, 3.05) is 31.2 Å². The van der Waals surface area contributed by atoms with E-state index in [2.05, 4.69) is 123 Å². The Morgan fingerprint density at radius 3 is 1.79 bits per heavy atom. The Morgan fingerprint density at radius 1 is 0.750 bits per heavy atom. The number of ether oxygens (including phenoxy) is 1. The number of anilines is 1.